The van der Waals surface area contributed by atoms with E-state index < -0.39 is 10.0 Å². The van der Waals surface area contributed by atoms with Gasteiger partial charge in [0.1, 0.15) is 0 Å². The van der Waals surface area contributed by atoms with Crippen LogP contribution in [0.15, 0.2) is 53.4 Å². The van der Waals surface area contributed by atoms with E-state index in [1.807, 2.05) is 51.1 Å². The molecule has 2 aromatic carbocycles. The first-order valence-corrected chi connectivity index (χ1v) is 11.1. The summed E-state index contributed by atoms with van der Waals surface area (Å²) in [5.41, 5.74) is 2.31. The van der Waals surface area contributed by atoms with Crippen LogP contribution < -0.4 is 10.0 Å². The molecule has 0 aliphatic heterocycles. The lowest BCUT2D eigenvalue weighted by Crippen LogP contribution is -2.33. The molecular weight excluding hydrogens is 372 g/mol. The molecule has 0 radical (unpaired) electrons. The van der Waals surface area contributed by atoms with Crippen molar-refractivity contribution in [2.75, 3.05) is 6.54 Å². The van der Waals surface area contributed by atoms with Gasteiger partial charge < -0.3 is 5.32 Å². The fourth-order valence-corrected chi connectivity index (χ4v) is 4.13. The molecule has 2 aromatic rings. The lowest BCUT2D eigenvalue weighted by molar-refractivity contribution is 0.0948. The molecule has 152 valence electrons. The molecule has 0 heterocycles. The monoisotopic (exact) mass is 402 g/mol. The Morgan fingerprint density at radius 1 is 1.04 bits per heavy atom. The van der Waals surface area contributed by atoms with Crippen LogP contribution in [0.3, 0.4) is 0 Å². The van der Waals surface area contributed by atoms with Crippen molar-refractivity contribution in [1.29, 1.82) is 0 Å². The van der Waals surface area contributed by atoms with Crippen molar-refractivity contribution in [2.45, 2.75) is 51.5 Å². The molecule has 5 nitrogen and oxygen atoms in total. The number of amides is 1. The summed E-state index contributed by atoms with van der Waals surface area (Å²) in [5, 5.41) is 2.84. The van der Waals surface area contributed by atoms with Gasteiger partial charge in [0.05, 0.1) is 4.90 Å². The summed E-state index contributed by atoms with van der Waals surface area (Å²) in [4.78, 5) is 12.5. The van der Waals surface area contributed by atoms with Crippen LogP contribution in [0.2, 0.25) is 0 Å². The Hall–Kier alpha value is -2.18. The van der Waals surface area contributed by atoms with Crippen molar-refractivity contribution in [3.05, 3.63) is 65.2 Å². The smallest absolute Gasteiger partial charge is 0.251 e. The van der Waals surface area contributed by atoms with Gasteiger partial charge in [0.15, 0.2) is 0 Å². The van der Waals surface area contributed by atoms with E-state index >= 15 is 0 Å². The molecule has 0 saturated carbocycles. The molecule has 0 aliphatic rings. The van der Waals surface area contributed by atoms with Gasteiger partial charge in [-0.05, 0) is 55.9 Å². The van der Waals surface area contributed by atoms with Gasteiger partial charge in [0.2, 0.25) is 10.0 Å². The quantitative estimate of drug-likeness (QED) is 0.672. The number of carbonyl (C=O) groups is 1. The highest BCUT2D eigenvalue weighted by molar-refractivity contribution is 7.89. The van der Waals surface area contributed by atoms with Crippen molar-refractivity contribution >= 4 is 15.9 Å². The number of rotatable bonds is 9. The minimum Gasteiger partial charge on any atom is -0.352 e. The highest BCUT2D eigenvalue weighted by Crippen LogP contribution is 2.17. The number of hydrogen-bond donors (Lipinski definition) is 2. The zero-order chi connectivity index (χ0) is 20.7. The average molecular weight is 403 g/mol. The Labute approximate surface area is 168 Å². The SMILES string of the molecule is Cc1ccc(S(=O)(=O)N[C@@H](C)CCc2ccccc2)cc1C(=O)NCC(C)C. The molecule has 1 atom stereocenters. The van der Waals surface area contributed by atoms with Crippen LogP contribution in [0.25, 0.3) is 0 Å². The first-order chi connectivity index (χ1) is 13.2. The lowest BCUT2D eigenvalue weighted by Gasteiger charge is -2.16. The second-order valence-corrected chi connectivity index (χ2v) is 9.34. The van der Waals surface area contributed by atoms with Gasteiger partial charge in [0, 0.05) is 18.2 Å². The van der Waals surface area contributed by atoms with Gasteiger partial charge in [0.25, 0.3) is 5.91 Å². The minimum atomic E-state index is -3.70. The van der Waals surface area contributed by atoms with E-state index in [0.717, 1.165) is 12.0 Å². The topological polar surface area (TPSA) is 75.3 Å². The van der Waals surface area contributed by atoms with Crippen molar-refractivity contribution in [3.63, 3.8) is 0 Å². The van der Waals surface area contributed by atoms with E-state index in [4.69, 9.17) is 0 Å². The maximum atomic E-state index is 12.8. The number of carbonyl (C=O) groups excluding carboxylic acids is 1. The fourth-order valence-electron chi connectivity index (χ4n) is 2.82. The van der Waals surface area contributed by atoms with Gasteiger partial charge >= 0.3 is 0 Å². The normalized spacial score (nSPS) is 12.8. The fraction of sp³-hybridized carbons (Fsp3) is 0.409. The van der Waals surface area contributed by atoms with Gasteiger partial charge in [-0.3, -0.25) is 4.79 Å². The first kappa shape index (κ1) is 22.1. The van der Waals surface area contributed by atoms with Crippen LogP contribution in [-0.2, 0) is 16.4 Å². The Morgan fingerprint density at radius 3 is 2.36 bits per heavy atom. The Bertz CT molecular complexity index is 893. The average Bonchev–Trinajstić information content (AvgIpc) is 2.65. The van der Waals surface area contributed by atoms with E-state index in [1.165, 1.54) is 11.6 Å². The molecule has 0 aromatic heterocycles. The first-order valence-electron chi connectivity index (χ1n) is 9.64. The molecule has 0 bridgehead atoms. The molecule has 0 spiro atoms. The van der Waals surface area contributed by atoms with Crippen LogP contribution >= 0.6 is 0 Å². The molecular formula is C22H30N2O3S. The standard InChI is InChI=1S/C22H30N2O3S/c1-16(2)15-23-22(25)21-14-20(13-10-17(21)3)28(26,27)24-18(4)11-12-19-8-6-5-7-9-19/h5-10,13-14,16,18,24H,11-12,15H2,1-4H3,(H,23,25)/t18-/m0/s1. The third kappa shape index (κ3) is 6.46. The summed E-state index contributed by atoms with van der Waals surface area (Å²) in [6.07, 6.45) is 1.48. The summed E-state index contributed by atoms with van der Waals surface area (Å²) in [6.45, 7) is 8.22. The number of sulfonamides is 1. The van der Waals surface area contributed by atoms with Crippen molar-refractivity contribution < 1.29 is 13.2 Å². The summed E-state index contributed by atoms with van der Waals surface area (Å²) in [5.74, 6) is 0.0729. The summed E-state index contributed by atoms with van der Waals surface area (Å²) in [6, 6.07) is 14.4. The Kier molecular flexibility index (Phi) is 7.78. The molecule has 2 rings (SSSR count). The van der Waals surface area contributed by atoms with Gasteiger partial charge in [-0.1, -0.05) is 50.2 Å². The number of benzene rings is 2. The molecule has 1 amide bonds. The molecule has 2 N–H and O–H groups in total. The molecule has 0 aliphatic carbocycles. The highest BCUT2D eigenvalue weighted by Gasteiger charge is 2.20. The number of nitrogens with one attached hydrogen (secondary N) is 2. The zero-order valence-corrected chi connectivity index (χ0v) is 17.8. The Balaban J connectivity index is 2.07. The maximum Gasteiger partial charge on any atom is 0.251 e. The molecule has 28 heavy (non-hydrogen) atoms. The van der Waals surface area contributed by atoms with Gasteiger partial charge in [-0.2, -0.15) is 0 Å². The van der Waals surface area contributed by atoms with Gasteiger partial charge in [-0.15, -0.1) is 0 Å². The molecule has 6 heteroatoms. The number of hydrogen-bond acceptors (Lipinski definition) is 3. The van der Waals surface area contributed by atoms with E-state index in [0.29, 0.717) is 24.4 Å². The molecule has 0 fully saturated rings. The maximum absolute atomic E-state index is 12.8. The number of aryl methyl sites for hydroxylation is 2. The van der Waals surface area contributed by atoms with Crippen LogP contribution in [0.4, 0.5) is 0 Å². The second-order valence-electron chi connectivity index (χ2n) is 7.63. The van der Waals surface area contributed by atoms with Crippen molar-refractivity contribution in [1.82, 2.24) is 10.0 Å². The van der Waals surface area contributed by atoms with Crippen LogP contribution in [0, 0.1) is 12.8 Å². The zero-order valence-electron chi connectivity index (χ0n) is 17.0. The van der Waals surface area contributed by atoms with Crippen LogP contribution in [-0.4, -0.2) is 26.9 Å². The summed E-state index contributed by atoms with van der Waals surface area (Å²) >= 11 is 0. The predicted molar refractivity (Wildman–Crippen MR) is 113 cm³/mol. The van der Waals surface area contributed by atoms with E-state index in [2.05, 4.69) is 10.0 Å². The van der Waals surface area contributed by atoms with Gasteiger partial charge in [-0.25, -0.2) is 13.1 Å². The van der Waals surface area contributed by atoms with E-state index in [9.17, 15) is 13.2 Å². The van der Waals surface area contributed by atoms with E-state index in [-0.39, 0.29) is 16.8 Å². The summed E-state index contributed by atoms with van der Waals surface area (Å²) < 4.78 is 28.2. The second kappa shape index (κ2) is 9.85. The minimum absolute atomic E-state index is 0.111. The summed E-state index contributed by atoms with van der Waals surface area (Å²) in [7, 11) is -3.70. The highest BCUT2D eigenvalue weighted by atomic mass is 32.2. The molecule has 0 saturated heterocycles. The van der Waals surface area contributed by atoms with Crippen LogP contribution in [0.5, 0.6) is 0 Å². The predicted octanol–water partition coefficient (Wildman–Crippen LogP) is 3.68. The lowest BCUT2D eigenvalue weighted by atomic mass is 10.1. The van der Waals surface area contributed by atoms with Crippen LogP contribution in [0.1, 0.15) is 48.7 Å². The van der Waals surface area contributed by atoms with E-state index in [1.54, 1.807) is 19.1 Å². The van der Waals surface area contributed by atoms with Crippen molar-refractivity contribution in [3.8, 4) is 0 Å². The molecule has 0 unspecified atom stereocenters. The Morgan fingerprint density at radius 2 is 1.71 bits per heavy atom. The third-order valence-electron chi connectivity index (χ3n) is 4.50. The third-order valence-corrected chi connectivity index (χ3v) is 6.09. The van der Waals surface area contributed by atoms with Crippen molar-refractivity contribution in [2.24, 2.45) is 5.92 Å². The largest absolute Gasteiger partial charge is 0.352 e.